The Morgan fingerprint density at radius 2 is 1.79 bits per heavy atom. The molecule has 1 amide bonds. The molecule has 0 aliphatic rings. The van der Waals surface area contributed by atoms with Crippen LogP contribution in [0, 0.1) is 0 Å². The molecule has 0 spiro atoms. The lowest BCUT2D eigenvalue weighted by Crippen LogP contribution is -2.16. The van der Waals surface area contributed by atoms with Crippen molar-refractivity contribution in [3.63, 3.8) is 0 Å². The van der Waals surface area contributed by atoms with Crippen LogP contribution in [0.2, 0.25) is 0 Å². The molecular weight excluding hydrogens is 368 g/mol. The quantitative estimate of drug-likeness (QED) is 0.576. The summed E-state index contributed by atoms with van der Waals surface area (Å²) < 4.78 is 10.9. The van der Waals surface area contributed by atoms with Crippen molar-refractivity contribution in [1.29, 1.82) is 0 Å². The molecule has 29 heavy (non-hydrogen) atoms. The number of methoxy groups -OCH3 is 1. The van der Waals surface area contributed by atoms with Crippen LogP contribution in [0.4, 0.5) is 11.6 Å². The van der Waals surface area contributed by atoms with E-state index in [0.717, 1.165) is 17.7 Å². The van der Waals surface area contributed by atoms with E-state index in [2.05, 4.69) is 20.6 Å². The number of anilines is 2. The smallest absolute Gasteiger partial charge is 0.274 e. The van der Waals surface area contributed by atoms with Crippen LogP contribution in [0.5, 0.6) is 11.5 Å². The molecule has 0 saturated carbocycles. The summed E-state index contributed by atoms with van der Waals surface area (Å²) in [4.78, 5) is 21.1. The Morgan fingerprint density at radius 1 is 1.03 bits per heavy atom. The van der Waals surface area contributed by atoms with E-state index in [-0.39, 0.29) is 11.6 Å². The Bertz CT molecular complexity index is 962. The Hall–Kier alpha value is -3.61. The molecule has 3 rings (SSSR count). The third-order valence-corrected chi connectivity index (χ3v) is 4.19. The van der Waals surface area contributed by atoms with Crippen LogP contribution in [0.15, 0.2) is 60.8 Å². The summed E-state index contributed by atoms with van der Waals surface area (Å²) in [7, 11) is 1.65. The van der Waals surface area contributed by atoms with Crippen molar-refractivity contribution in [3.8, 4) is 11.5 Å². The van der Waals surface area contributed by atoms with Crippen LogP contribution < -0.4 is 20.1 Å². The third kappa shape index (κ3) is 5.44. The fourth-order valence-electron chi connectivity index (χ4n) is 2.83. The van der Waals surface area contributed by atoms with E-state index in [9.17, 15) is 4.79 Å². The van der Waals surface area contributed by atoms with Crippen molar-refractivity contribution in [2.75, 3.05) is 30.9 Å². The Labute approximate surface area is 170 Å². The van der Waals surface area contributed by atoms with Gasteiger partial charge >= 0.3 is 0 Å². The van der Waals surface area contributed by atoms with Crippen LogP contribution in [0.1, 0.15) is 23.0 Å². The van der Waals surface area contributed by atoms with Gasteiger partial charge in [0.2, 0.25) is 5.95 Å². The summed E-state index contributed by atoms with van der Waals surface area (Å²) in [5.41, 5.74) is 1.96. The van der Waals surface area contributed by atoms with Crippen molar-refractivity contribution in [1.82, 2.24) is 9.97 Å². The minimum absolute atomic E-state index is 0.270. The van der Waals surface area contributed by atoms with Crippen molar-refractivity contribution in [2.45, 2.75) is 13.3 Å². The van der Waals surface area contributed by atoms with Crippen LogP contribution in [-0.2, 0) is 6.42 Å². The number of benzene rings is 2. The minimum atomic E-state index is -0.327. The fourth-order valence-corrected chi connectivity index (χ4v) is 2.83. The zero-order chi connectivity index (χ0) is 20.5. The van der Waals surface area contributed by atoms with E-state index < -0.39 is 0 Å². The summed E-state index contributed by atoms with van der Waals surface area (Å²) in [6.07, 6.45) is 2.30. The van der Waals surface area contributed by atoms with Crippen molar-refractivity contribution in [3.05, 3.63) is 72.1 Å². The lowest BCUT2D eigenvalue weighted by molar-refractivity contribution is 0.102. The van der Waals surface area contributed by atoms with Crippen molar-refractivity contribution >= 4 is 17.5 Å². The number of para-hydroxylation sites is 3. The third-order valence-electron chi connectivity index (χ3n) is 4.19. The predicted octanol–water partition coefficient (Wildman–Crippen LogP) is 3.79. The highest BCUT2D eigenvalue weighted by Gasteiger charge is 2.12. The first-order valence-electron chi connectivity index (χ1n) is 9.43. The normalized spacial score (nSPS) is 10.3. The molecule has 150 valence electrons. The molecule has 0 aliphatic heterocycles. The van der Waals surface area contributed by atoms with Gasteiger partial charge in [-0.3, -0.25) is 4.79 Å². The molecular formula is C22H24N4O3. The van der Waals surface area contributed by atoms with Crippen LogP contribution in [-0.4, -0.2) is 36.1 Å². The molecule has 2 aromatic carbocycles. The van der Waals surface area contributed by atoms with Crippen LogP contribution in [0.3, 0.4) is 0 Å². The van der Waals surface area contributed by atoms with Gasteiger partial charge in [-0.1, -0.05) is 30.3 Å². The van der Waals surface area contributed by atoms with Gasteiger partial charge in [0.1, 0.15) is 17.2 Å². The SMILES string of the molecule is CCOc1ccccc1NC(=O)c1ccnc(NCCc2ccccc2OC)n1. The van der Waals surface area contributed by atoms with Gasteiger partial charge in [0.15, 0.2) is 0 Å². The van der Waals surface area contributed by atoms with Gasteiger partial charge in [-0.2, -0.15) is 0 Å². The Balaban J connectivity index is 1.62. The number of amides is 1. The van der Waals surface area contributed by atoms with Gasteiger partial charge in [-0.05, 0) is 43.2 Å². The molecule has 2 N–H and O–H groups in total. The average Bonchev–Trinajstić information content (AvgIpc) is 2.76. The van der Waals surface area contributed by atoms with Crippen LogP contribution in [0.25, 0.3) is 0 Å². The lowest BCUT2D eigenvalue weighted by atomic mass is 10.1. The van der Waals surface area contributed by atoms with E-state index in [1.54, 1.807) is 25.4 Å². The lowest BCUT2D eigenvalue weighted by Gasteiger charge is -2.11. The zero-order valence-corrected chi connectivity index (χ0v) is 16.5. The monoisotopic (exact) mass is 392 g/mol. The molecule has 0 unspecified atom stereocenters. The Morgan fingerprint density at radius 3 is 2.59 bits per heavy atom. The van der Waals surface area contributed by atoms with Crippen molar-refractivity contribution < 1.29 is 14.3 Å². The molecule has 1 heterocycles. The second-order valence-electron chi connectivity index (χ2n) is 6.14. The maximum Gasteiger partial charge on any atom is 0.274 e. The van der Waals surface area contributed by atoms with E-state index in [1.807, 2.05) is 49.4 Å². The first-order chi connectivity index (χ1) is 14.2. The number of aromatic nitrogens is 2. The fraction of sp³-hybridized carbons (Fsp3) is 0.227. The molecule has 0 atom stereocenters. The summed E-state index contributed by atoms with van der Waals surface area (Å²) in [5.74, 6) is 1.53. The number of carbonyl (C=O) groups excluding carboxylic acids is 1. The molecule has 0 saturated heterocycles. The first-order valence-corrected chi connectivity index (χ1v) is 9.43. The first kappa shape index (κ1) is 20.1. The molecule has 7 nitrogen and oxygen atoms in total. The topological polar surface area (TPSA) is 85.4 Å². The number of ether oxygens (including phenoxy) is 2. The molecule has 1 aromatic heterocycles. The summed E-state index contributed by atoms with van der Waals surface area (Å²) in [5, 5.41) is 5.99. The summed E-state index contributed by atoms with van der Waals surface area (Å²) in [6, 6.07) is 16.7. The number of hydrogen-bond donors (Lipinski definition) is 2. The van der Waals surface area contributed by atoms with Gasteiger partial charge in [-0.15, -0.1) is 0 Å². The molecule has 7 heteroatoms. The summed E-state index contributed by atoms with van der Waals surface area (Å²) >= 11 is 0. The summed E-state index contributed by atoms with van der Waals surface area (Å²) in [6.45, 7) is 3.02. The number of hydrogen-bond acceptors (Lipinski definition) is 6. The highest BCUT2D eigenvalue weighted by atomic mass is 16.5. The zero-order valence-electron chi connectivity index (χ0n) is 16.5. The standard InChI is InChI=1S/C22H24N4O3/c1-3-29-20-11-7-5-9-17(20)25-21(27)18-13-15-24-22(26-18)23-14-12-16-8-4-6-10-19(16)28-2/h4-11,13,15H,3,12,14H2,1-2H3,(H,25,27)(H,23,24,26). The maximum atomic E-state index is 12.6. The van der Waals surface area contributed by atoms with Gasteiger partial charge in [0.05, 0.1) is 19.4 Å². The maximum absolute atomic E-state index is 12.6. The largest absolute Gasteiger partial charge is 0.496 e. The average molecular weight is 392 g/mol. The van der Waals surface area contributed by atoms with E-state index >= 15 is 0 Å². The van der Waals surface area contributed by atoms with E-state index in [1.165, 1.54) is 0 Å². The second kappa shape index (κ2) is 10.1. The highest BCUT2D eigenvalue weighted by Crippen LogP contribution is 2.24. The van der Waals surface area contributed by atoms with Gasteiger partial charge in [-0.25, -0.2) is 9.97 Å². The molecule has 0 bridgehead atoms. The molecule has 0 aliphatic carbocycles. The highest BCUT2D eigenvalue weighted by molar-refractivity contribution is 6.03. The number of nitrogens with one attached hydrogen (secondary N) is 2. The second-order valence-corrected chi connectivity index (χ2v) is 6.14. The predicted molar refractivity (Wildman–Crippen MR) is 113 cm³/mol. The van der Waals surface area contributed by atoms with E-state index in [0.29, 0.717) is 30.5 Å². The van der Waals surface area contributed by atoms with E-state index in [4.69, 9.17) is 9.47 Å². The van der Waals surface area contributed by atoms with Gasteiger partial charge in [0.25, 0.3) is 5.91 Å². The van der Waals surface area contributed by atoms with Gasteiger partial charge < -0.3 is 20.1 Å². The Kier molecular flexibility index (Phi) is 7.00. The van der Waals surface area contributed by atoms with Gasteiger partial charge in [0, 0.05) is 12.7 Å². The number of rotatable bonds is 9. The molecule has 0 fully saturated rings. The van der Waals surface area contributed by atoms with Crippen molar-refractivity contribution in [2.24, 2.45) is 0 Å². The molecule has 3 aromatic rings. The molecule has 0 radical (unpaired) electrons. The minimum Gasteiger partial charge on any atom is -0.496 e. The van der Waals surface area contributed by atoms with Crippen LogP contribution >= 0.6 is 0 Å². The number of carbonyl (C=O) groups is 1. The number of nitrogens with zero attached hydrogens (tertiary/aromatic N) is 2.